The van der Waals surface area contributed by atoms with E-state index in [0.717, 1.165) is 34.1 Å². The number of aromatic nitrogens is 1. The van der Waals surface area contributed by atoms with Crippen molar-refractivity contribution in [3.05, 3.63) is 119 Å². The van der Waals surface area contributed by atoms with Crippen molar-refractivity contribution in [2.24, 2.45) is 0 Å². The highest BCUT2D eigenvalue weighted by molar-refractivity contribution is 7.22. The number of halogens is 2. The van der Waals surface area contributed by atoms with Gasteiger partial charge >= 0.3 is 0 Å². The lowest BCUT2D eigenvalue weighted by atomic mass is 9.87. The van der Waals surface area contributed by atoms with Crippen LogP contribution in [-0.2, 0) is 11.3 Å². The van der Waals surface area contributed by atoms with Crippen LogP contribution in [0, 0.1) is 11.6 Å². The van der Waals surface area contributed by atoms with Gasteiger partial charge < -0.3 is 4.74 Å². The molecule has 0 spiro atoms. The molecule has 0 saturated carbocycles. The number of benzene rings is 4. The van der Waals surface area contributed by atoms with Crippen LogP contribution in [0.25, 0.3) is 10.2 Å². The molecule has 0 N–H and O–H groups in total. The van der Waals surface area contributed by atoms with Crippen molar-refractivity contribution in [2.75, 3.05) is 4.90 Å². The maximum absolute atomic E-state index is 14.5. The molecule has 172 valence electrons. The molecule has 0 unspecified atom stereocenters. The molecule has 0 fully saturated rings. The first kappa shape index (κ1) is 21.4. The van der Waals surface area contributed by atoms with Crippen molar-refractivity contribution < 1.29 is 18.3 Å². The number of nitrogens with zero attached hydrogens (tertiary/aromatic N) is 2. The summed E-state index contributed by atoms with van der Waals surface area (Å²) in [6, 6.07) is 26.5. The minimum Gasteiger partial charge on any atom is -0.457 e. The van der Waals surface area contributed by atoms with Crippen molar-refractivity contribution in [1.82, 2.24) is 4.98 Å². The maximum Gasteiger partial charge on any atom is 0.241 e. The van der Waals surface area contributed by atoms with Crippen LogP contribution >= 0.6 is 11.3 Å². The minimum absolute atomic E-state index is 0.0463. The molecule has 1 aromatic heterocycles. The molecule has 4 aromatic carbocycles. The summed E-state index contributed by atoms with van der Waals surface area (Å²) in [6.07, 6.45) is 0. The van der Waals surface area contributed by atoms with Crippen LogP contribution in [0.1, 0.15) is 22.6 Å². The molecule has 0 radical (unpaired) electrons. The Balaban J connectivity index is 1.51. The van der Waals surface area contributed by atoms with Gasteiger partial charge in [-0.15, -0.1) is 0 Å². The van der Waals surface area contributed by atoms with Crippen LogP contribution in [0.4, 0.5) is 13.9 Å². The molecule has 0 aliphatic carbocycles. The van der Waals surface area contributed by atoms with Crippen LogP contribution in [0.15, 0.2) is 91.0 Å². The average molecular weight is 485 g/mol. The number of carbonyl (C=O) groups is 1. The fraction of sp³-hybridized carbons (Fsp3) is 0.0714. The number of ether oxygens (including phenoxy) is 1. The number of para-hydroxylation sites is 2. The Bertz CT molecular complexity index is 1520. The van der Waals surface area contributed by atoms with Crippen molar-refractivity contribution in [2.45, 2.75) is 12.5 Å². The third-order valence-corrected chi connectivity index (χ3v) is 7.03. The molecule has 1 aliphatic rings. The molecular weight excluding hydrogens is 466 g/mol. The van der Waals surface area contributed by atoms with Gasteiger partial charge in [-0.3, -0.25) is 9.69 Å². The van der Waals surface area contributed by atoms with E-state index in [1.54, 1.807) is 4.90 Å². The number of thiazole rings is 1. The van der Waals surface area contributed by atoms with Crippen LogP contribution in [-0.4, -0.2) is 10.9 Å². The second-order valence-corrected chi connectivity index (χ2v) is 9.26. The summed E-state index contributed by atoms with van der Waals surface area (Å²) >= 11 is 1.09. The molecule has 0 saturated heterocycles. The zero-order valence-electron chi connectivity index (χ0n) is 18.3. The average Bonchev–Trinajstić information content (AvgIpc) is 3.30. The molecule has 0 atom stereocenters. The van der Waals surface area contributed by atoms with Crippen molar-refractivity contribution >= 4 is 32.6 Å². The van der Waals surface area contributed by atoms with Crippen LogP contribution in [0.5, 0.6) is 11.5 Å². The van der Waals surface area contributed by atoms with E-state index < -0.39 is 17.6 Å². The summed E-state index contributed by atoms with van der Waals surface area (Å²) in [5.74, 6) is -1.08. The molecule has 5 aromatic rings. The molecule has 0 bridgehead atoms. The quantitative estimate of drug-likeness (QED) is 0.275. The summed E-state index contributed by atoms with van der Waals surface area (Å²) in [4.78, 5) is 20.3. The van der Waals surface area contributed by atoms with E-state index in [0.29, 0.717) is 21.3 Å². The second-order valence-electron chi connectivity index (χ2n) is 8.25. The van der Waals surface area contributed by atoms with Crippen LogP contribution in [0.3, 0.4) is 0 Å². The van der Waals surface area contributed by atoms with Gasteiger partial charge in [0, 0.05) is 17.2 Å². The lowest BCUT2D eigenvalue weighted by Gasteiger charge is -2.31. The number of fused-ring (bicyclic) bond motifs is 3. The molecule has 1 aliphatic heterocycles. The Labute approximate surface area is 204 Å². The fourth-order valence-corrected chi connectivity index (χ4v) is 5.41. The van der Waals surface area contributed by atoms with E-state index in [1.165, 1.54) is 6.07 Å². The van der Waals surface area contributed by atoms with E-state index in [9.17, 15) is 13.6 Å². The first-order chi connectivity index (χ1) is 17.1. The lowest BCUT2D eigenvalue weighted by molar-refractivity contribution is -0.119. The molecule has 1 amide bonds. The van der Waals surface area contributed by atoms with Crippen molar-refractivity contribution in [1.29, 1.82) is 0 Å². The first-order valence-electron chi connectivity index (χ1n) is 11.0. The number of rotatable bonds is 4. The Morgan fingerprint density at radius 1 is 0.886 bits per heavy atom. The molecule has 7 heteroatoms. The summed E-state index contributed by atoms with van der Waals surface area (Å²) in [7, 11) is 0. The van der Waals surface area contributed by atoms with Gasteiger partial charge in [-0.05, 0) is 23.8 Å². The minimum atomic E-state index is -0.753. The molecule has 4 nitrogen and oxygen atoms in total. The predicted octanol–water partition coefficient (Wildman–Crippen LogP) is 7.05. The third kappa shape index (κ3) is 3.84. The Morgan fingerprint density at radius 3 is 2.20 bits per heavy atom. The number of carbonyl (C=O) groups excluding carboxylic acids is 1. The van der Waals surface area contributed by atoms with Crippen molar-refractivity contribution in [3.63, 3.8) is 0 Å². The Kier molecular flexibility index (Phi) is 5.26. The van der Waals surface area contributed by atoms with E-state index in [4.69, 9.17) is 4.74 Å². The summed E-state index contributed by atoms with van der Waals surface area (Å²) in [5, 5.41) is 0.305. The van der Waals surface area contributed by atoms with Crippen LogP contribution < -0.4 is 9.64 Å². The number of amides is 1. The summed E-state index contributed by atoms with van der Waals surface area (Å²) in [6.45, 7) is 0.227. The lowest BCUT2D eigenvalue weighted by Crippen LogP contribution is -2.36. The van der Waals surface area contributed by atoms with Gasteiger partial charge in [0.1, 0.15) is 22.8 Å². The monoisotopic (exact) mass is 484 g/mol. The normalized spacial score (nSPS) is 12.6. The van der Waals surface area contributed by atoms with Gasteiger partial charge in [-0.25, -0.2) is 13.8 Å². The predicted molar refractivity (Wildman–Crippen MR) is 132 cm³/mol. The summed E-state index contributed by atoms with van der Waals surface area (Å²) < 4.78 is 34.8. The molecular formula is C28H18F2N2O2S. The number of hydrogen-bond acceptors (Lipinski definition) is 4. The van der Waals surface area contributed by atoms with E-state index in [-0.39, 0.29) is 18.0 Å². The van der Waals surface area contributed by atoms with E-state index in [1.807, 2.05) is 78.9 Å². The highest BCUT2D eigenvalue weighted by Gasteiger charge is 2.36. The largest absolute Gasteiger partial charge is 0.457 e. The van der Waals surface area contributed by atoms with Gasteiger partial charge in [0.05, 0.1) is 17.2 Å². The van der Waals surface area contributed by atoms with E-state index in [2.05, 4.69) is 4.98 Å². The van der Waals surface area contributed by atoms with Gasteiger partial charge in [0.2, 0.25) is 5.91 Å². The maximum atomic E-state index is 14.5. The van der Waals surface area contributed by atoms with Gasteiger partial charge in [-0.2, -0.15) is 0 Å². The van der Waals surface area contributed by atoms with Gasteiger partial charge in [0.15, 0.2) is 10.9 Å². The zero-order chi connectivity index (χ0) is 23.9. The highest BCUT2D eigenvalue weighted by atomic mass is 32.1. The van der Waals surface area contributed by atoms with Gasteiger partial charge in [-0.1, -0.05) is 78.1 Å². The Morgan fingerprint density at radius 2 is 1.51 bits per heavy atom. The fourth-order valence-electron chi connectivity index (χ4n) is 4.40. The van der Waals surface area contributed by atoms with Crippen molar-refractivity contribution in [3.8, 4) is 11.5 Å². The summed E-state index contributed by atoms with van der Waals surface area (Å²) in [5.41, 5.74) is 2.42. The highest BCUT2D eigenvalue weighted by Crippen LogP contribution is 2.45. The smallest absolute Gasteiger partial charge is 0.241 e. The standard InChI is InChI=1S/C28H18F2N2O2S/c29-18-14-21(30)26-24(15-18)35-28(31-26)32(16-17-8-2-1-3-9-17)27(33)25-19-10-4-6-12-22(19)34-23-13-7-5-11-20(23)25/h1-15,25H,16H2. The topological polar surface area (TPSA) is 42.4 Å². The second kappa shape index (κ2) is 8.60. The van der Waals surface area contributed by atoms with Crippen LogP contribution in [0.2, 0.25) is 0 Å². The third-order valence-electron chi connectivity index (χ3n) is 6.01. The number of anilines is 1. The molecule has 2 heterocycles. The Hall–Kier alpha value is -4.10. The number of hydrogen-bond donors (Lipinski definition) is 0. The molecule has 6 rings (SSSR count). The van der Waals surface area contributed by atoms with E-state index >= 15 is 0 Å². The van der Waals surface area contributed by atoms with Gasteiger partial charge in [0.25, 0.3) is 0 Å². The zero-order valence-corrected chi connectivity index (χ0v) is 19.1. The molecule has 35 heavy (non-hydrogen) atoms. The SMILES string of the molecule is O=C(C1c2ccccc2Oc2ccccc21)N(Cc1ccccc1)c1nc2c(F)cc(F)cc2s1. The first-order valence-corrected chi connectivity index (χ1v) is 11.9.